The van der Waals surface area contributed by atoms with Gasteiger partial charge in [-0.25, -0.2) is 4.39 Å². The molecule has 0 aliphatic carbocycles. The summed E-state index contributed by atoms with van der Waals surface area (Å²) in [6.45, 7) is 2.21. The van der Waals surface area contributed by atoms with Gasteiger partial charge in [0.15, 0.2) is 0 Å². The van der Waals surface area contributed by atoms with Crippen molar-refractivity contribution in [2.45, 2.75) is 19.3 Å². The van der Waals surface area contributed by atoms with Crippen LogP contribution in [0.25, 0.3) is 0 Å². The van der Waals surface area contributed by atoms with Crippen LogP contribution in [0.2, 0.25) is 0 Å². The van der Waals surface area contributed by atoms with Crippen molar-refractivity contribution < 1.29 is 14.3 Å². The molecule has 16 heavy (non-hydrogen) atoms. The van der Waals surface area contributed by atoms with E-state index in [-0.39, 0.29) is 24.2 Å². The third kappa shape index (κ3) is 3.62. The van der Waals surface area contributed by atoms with Gasteiger partial charge < -0.3 is 10.4 Å². The number of aliphatic hydroxyl groups is 1. The zero-order chi connectivity index (χ0) is 12.0. The van der Waals surface area contributed by atoms with E-state index in [9.17, 15) is 9.18 Å². The Kier molecular flexibility index (Phi) is 4.92. The molecule has 0 spiro atoms. The standard InChI is InChI=1S/C12H16FNO2/c1-9(12(16)14-6-3-7-15)10-4-2-5-11(13)8-10/h2,4-5,8-9,15H,3,6-7H2,1H3,(H,14,16). The molecule has 2 N–H and O–H groups in total. The lowest BCUT2D eigenvalue weighted by molar-refractivity contribution is -0.122. The summed E-state index contributed by atoms with van der Waals surface area (Å²) in [5, 5.41) is 11.3. The fourth-order valence-corrected chi connectivity index (χ4v) is 1.37. The minimum Gasteiger partial charge on any atom is -0.396 e. The zero-order valence-electron chi connectivity index (χ0n) is 9.24. The molecule has 0 saturated heterocycles. The fraction of sp³-hybridized carbons (Fsp3) is 0.417. The number of carbonyl (C=O) groups excluding carboxylic acids is 1. The number of hydrogen-bond acceptors (Lipinski definition) is 2. The molecule has 1 aromatic carbocycles. The van der Waals surface area contributed by atoms with Gasteiger partial charge in [0, 0.05) is 13.2 Å². The van der Waals surface area contributed by atoms with E-state index < -0.39 is 0 Å². The highest BCUT2D eigenvalue weighted by atomic mass is 19.1. The molecule has 1 unspecified atom stereocenters. The van der Waals surface area contributed by atoms with Crippen LogP contribution in [-0.2, 0) is 4.79 Å². The monoisotopic (exact) mass is 225 g/mol. The largest absolute Gasteiger partial charge is 0.396 e. The van der Waals surface area contributed by atoms with Gasteiger partial charge in [-0.15, -0.1) is 0 Å². The lowest BCUT2D eigenvalue weighted by atomic mass is 10.0. The van der Waals surface area contributed by atoms with Crippen LogP contribution in [0.1, 0.15) is 24.8 Å². The second-order valence-corrected chi connectivity index (χ2v) is 3.64. The van der Waals surface area contributed by atoms with Crippen LogP contribution >= 0.6 is 0 Å². The molecule has 88 valence electrons. The van der Waals surface area contributed by atoms with E-state index in [1.807, 2.05) is 0 Å². The average molecular weight is 225 g/mol. The second-order valence-electron chi connectivity index (χ2n) is 3.64. The quantitative estimate of drug-likeness (QED) is 0.745. The first-order chi connectivity index (χ1) is 7.65. The number of carbonyl (C=O) groups is 1. The van der Waals surface area contributed by atoms with E-state index in [1.165, 1.54) is 12.1 Å². The molecule has 1 amide bonds. The normalized spacial score (nSPS) is 12.2. The zero-order valence-corrected chi connectivity index (χ0v) is 9.24. The molecular formula is C12H16FNO2. The van der Waals surface area contributed by atoms with E-state index in [2.05, 4.69) is 5.32 Å². The van der Waals surface area contributed by atoms with Crippen molar-refractivity contribution in [3.63, 3.8) is 0 Å². The SMILES string of the molecule is CC(C(=O)NCCCO)c1cccc(F)c1. The number of hydrogen-bond donors (Lipinski definition) is 2. The third-order valence-corrected chi connectivity index (χ3v) is 2.38. The van der Waals surface area contributed by atoms with E-state index >= 15 is 0 Å². The molecule has 0 bridgehead atoms. The summed E-state index contributed by atoms with van der Waals surface area (Å²) in [7, 11) is 0. The highest BCUT2D eigenvalue weighted by Crippen LogP contribution is 2.15. The average Bonchev–Trinajstić information content (AvgIpc) is 2.28. The molecule has 0 fully saturated rings. The molecular weight excluding hydrogens is 209 g/mol. The van der Waals surface area contributed by atoms with Gasteiger partial charge in [-0.1, -0.05) is 12.1 Å². The fourth-order valence-electron chi connectivity index (χ4n) is 1.37. The van der Waals surface area contributed by atoms with Gasteiger partial charge in [0.1, 0.15) is 5.82 Å². The lowest BCUT2D eigenvalue weighted by Gasteiger charge is -2.12. The van der Waals surface area contributed by atoms with Crippen molar-refractivity contribution in [1.29, 1.82) is 0 Å². The molecule has 1 rings (SSSR count). The third-order valence-electron chi connectivity index (χ3n) is 2.38. The van der Waals surface area contributed by atoms with Crippen molar-refractivity contribution >= 4 is 5.91 Å². The van der Waals surface area contributed by atoms with Crippen molar-refractivity contribution in [3.8, 4) is 0 Å². The van der Waals surface area contributed by atoms with Crippen LogP contribution < -0.4 is 5.32 Å². The Balaban J connectivity index is 2.56. The first-order valence-corrected chi connectivity index (χ1v) is 5.29. The number of amides is 1. The van der Waals surface area contributed by atoms with Crippen LogP contribution in [0, 0.1) is 5.82 Å². The Morgan fingerprint density at radius 3 is 2.94 bits per heavy atom. The second kappa shape index (κ2) is 6.23. The molecule has 0 saturated carbocycles. The van der Waals surface area contributed by atoms with Crippen LogP contribution in [0.3, 0.4) is 0 Å². The van der Waals surface area contributed by atoms with Crippen molar-refractivity contribution in [2.24, 2.45) is 0 Å². The van der Waals surface area contributed by atoms with Crippen molar-refractivity contribution in [1.82, 2.24) is 5.32 Å². The summed E-state index contributed by atoms with van der Waals surface area (Å²) in [5.41, 5.74) is 0.654. The minimum atomic E-state index is -0.380. The molecule has 4 heteroatoms. The van der Waals surface area contributed by atoms with Gasteiger partial charge in [0.25, 0.3) is 0 Å². The van der Waals surface area contributed by atoms with Crippen molar-refractivity contribution in [3.05, 3.63) is 35.6 Å². The number of aliphatic hydroxyl groups excluding tert-OH is 1. The smallest absolute Gasteiger partial charge is 0.227 e. The van der Waals surface area contributed by atoms with Gasteiger partial charge in [0.05, 0.1) is 5.92 Å². The molecule has 0 radical (unpaired) electrons. The Morgan fingerprint density at radius 1 is 1.56 bits per heavy atom. The highest BCUT2D eigenvalue weighted by molar-refractivity contribution is 5.83. The summed E-state index contributed by atoms with van der Waals surface area (Å²) in [4.78, 5) is 11.6. The van der Waals surface area contributed by atoms with Gasteiger partial charge in [-0.2, -0.15) is 0 Å². The maximum absolute atomic E-state index is 12.9. The summed E-state index contributed by atoms with van der Waals surface area (Å²) in [5.74, 6) is -0.874. The van der Waals surface area contributed by atoms with E-state index in [0.29, 0.717) is 18.5 Å². The summed E-state index contributed by atoms with van der Waals surface area (Å²) < 4.78 is 12.9. The summed E-state index contributed by atoms with van der Waals surface area (Å²) in [6.07, 6.45) is 0.529. The molecule has 0 aliphatic heterocycles. The number of rotatable bonds is 5. The van der Waals surface area contributed by atoms with Crippen LogP contribution in [-0.4, -0.2) is 24.2 Å². The summed E-state index contributed by atoms with van der Waals surface area (Å²) >= 11 is 0. The van der Waals surface area contributed by atoms with Gasteiger partial charge in [0.2, 0.25) is 5.91 Å². The van der Waals surface area contributed by atoms with E-state index in [1.54, 1.807) is 19.1 Å². The van der Waals surface area contributed by atoms with Gasteiger partial charge in [-0.05, 0) is 31.0 Å². The Bertz CT molecular complexity index is 355. The van der Waals surface area contributed by atoms with Crippen LogP contribution in [0.15, 0.2) is 24.3 Å². The number of nitrogens with one attached hydrogen (secondary N) is 1. The van der Waals surface area contributed by atoms with Gasteiger partial charge in [-0.3, -0.25) is 4.79 Å². The lowest BCUT2D eigenvalue weighted by Crippen LogP contribution is -2.29. The first-order valence-electron chi connectivity index (χ1n) is 5.29. The first kappa shape index (κ1) is 12.6. The topological polar surface area (TPSA) is 49.3 Å². The van der Waals surface area contributed by atoms with Crippen molar-refractivity contribution in [2.75, 3.05) is 13.2 Å². The Morgan fingerprint density at radius 2 is 2.31 bits per heavy atom. The Labute approximate surface area is 94.3 Å². The highest BCUT2D eigenvalue weighted by Gasteiger charge is 2.14. The van der Waals surface area contributed by atoms with Gasteiger partial charge >= 0.3 is 0 Å². The minimum absolute atomic E-state index is 0.0502. The van der Waals surface area contributed by atoms with E-state index in [0.717, 1.165) is 0 Å². The molecule has 1 atom stereocenters. The number of benzene rings is 1. The molecule has 0 aromatic heterocycles. The molecule has 1 aromatic rings. The Hall–Kier alpha value is -1.42. The predicted octanol–water partition coefficient (Wildman–Crippen LogP) is 1.43. The molecule has 0 heterocycles. The van der Waals surface area contributed by atoms with E-state index in [4.69, 9.17) is 5.11 Å². The van der Waals surface area contributed by atoms with Crippen LogP contribution in [0.5, 0.6) is 0 Å². The maximum atomic E-state index is 12.9. The maximum Gasteiger partial charge on any atom is 0.227 e. The number of halogens is 1. The van der Waals surface area contributed by atoms with Crippen LogP contribution in [0.4, 0.5) is 4.39 Å². The molecule has 3 nitrogen and oxygen atoms in total. The summed E-state index contributed by atoms with van der Waals surface area (Å²) in [6, 6.07) is 6.01. The predicted molar refractivity (Wildman–Crippen MR) is 59.5 cm³/mol. The molecule has 0 aliphatic rings.